The van der Waals surface area contributed by atoms with Crippen molar-refractivity contribution in [3.05, 3.63) is 66.0 Å². The first kappa shape index (κ1) is 13.5. The maximum Gasteiger partial charge on any atom is 0.229 e. The van der Waals surface area contributed by atoms with E-state index in [1.165, 1.54) is 12.1 Å². The molecule has 1 aromatic heterocycles. The number of aryl methyl sites for hydroxylation is 1. The molecule has 0 bridgehead atoms. The Morgan fingerprint density at radius 2 is 1.95 bits per heavy atom. The van der Waals surface area contributed by atoms with E-state index in [4.69, 9.17) is 0 Å². The summed E-state index contributed by atoms with van der Waals surface area (Å²) < 4.78 is 15.7. The SMILES string of the molecule is CCCn1ccnc1C(=O)c1ccc(F)c2ccccc12. The van der Waals surface area contributed by atoms with Crippen LogP contribution in [0.5, 0.6) is 0 Å². The second kappa shape index (κ2) is 5.48. The Morgan fingerprint density at radius 1 is 1.19 bits per heavy atom. The molecule has 0 aliphatic rings. The van der Waals surface area contributed by atoms with Crippen molar-refractivity contribution < 1.29 is 9.18 Å². The predicted octanol–water partition coefficient (Wildman–Crippen LogP) is 3.82. The lowest BCUT2D eigenvalue weighted by molar-refractivity contribution is 0.102. The van der Waals surface area contributed by atoms with E-state index in [2.05, 4.69) is 4.98 Å². The van der Waals surface area contributed by atoms with Crippen molar-refractivity contribution in [3.8, 4) is 0 Å². The summed E-state index contributed by atoms with van der Waals surface area (Å²) in [5.41, 5.74) is 0.482. The lowest BCUT2D eigenvalue weighted by Crippen LogP contribution is -2.11. The molecule has 0 saturated heterocycles. The summed E-state index contributed by atoms with van der Waals surface area (Å²) in [4.78, 5) is 16.9. The van der Waals surface area contributed by atoms with E-state index in [1.807, 2.05) is 11.5 Å². The van der Waals surface area contributed by atoms with E-state index in [-0.39, 0.29) is 11.6 Å². The predicted molar refractivity (Wildman–Crippen MR) is 79.9 cm³/mol. The van der Waals surface area contributed by atoms with Gasteiger partial charge in [-0.15, -0.1) is 0 Å². The molecule has 106 valence electrons. The molecule has 0 fully saturated rings. The van der Waals surface area contributed by atoms with Crippen LogP contribution in [0.15, 0.2) is 48.8 Å². The van der Waals surface area contributed by atoms with Gasteiger partial charge in [0.05, 0.1) is 0 Å². The smallest absolute Gasteiger partial charge is 0.229 e. The van der Waals surface area contributed by atoms with Gasteiger partial charge in [-0.1, -0.05) is 31.2 Å². The van der Waals surface area contributed by atoms with Crippen molar-refractivity contribution in [2.45, 2.75) is 19.9 Å². The molecule has 0 spiro atoms. The number of ketones is 1. The molecule has 0 amide bonds. The number of benzene rings is 2. The van der Waals surface area contributed by atoms with Gasteiger partial charge < -0.3 is 4.57 Å². The minimum atomic E-state index is -0.320. The lowest BCUT2D eigenvalue weighted by Gasteiger charge is -2.08. The Balaban J connectivity index is 2.14. The van der Waals surface area contributed by atoms with E-state index in [0.29, 0.717) is 22.2 Å². The van der Waals surface area contributed by atoms with Gasteiger partial charge in [0.1, 0.15) is 5.82 Å². The third-order valence-electron chi connectivity index (χ3n) is 3.50. The summed E-state index contributed by atoms with van der Waals surface area (Å²) in [6.45, 7) is 2.78. The summed E-state index contributed by atoms with van der Waals surface area (Å²) in [6, 6.07) is 9.88. The molecule has 0 aliphatic heterocycles. The second-order valence-electron chi connectivity index (χ2n) is 4.91. The molecular formula is C17H15FN2O. The molecule has 0 unspecified atom stereocenters. The van der Waals surface area contributed by atoms with Gasteiger partial charge in [-0.25, -0.2) is 9.37 Å². The van der Waals surface area contributed by atoms with Crippen molar-refractivity contribution in [2.24, 2.45) is 0 Å². The minimum Gasteiger partial charge on any atom is -0.328 e. The average Bonchev–Trinajstić information content (AvgIpc) is 2.96. The molecule has 1 heterocycles. The van der Waals surface area contributed by atoms with Gasteiger partial charge in [0.2, 0.25) is 5.78 Å². The van der Waals surface area contributed by atoms with Crippen LogP contribution in [0.4, 0.5) is 4.39 Å². The molecule has 3 aromatic rings. The van der Waals surface area contributed by atoms with Gasteiger partial charge in [-0.3, -0.25) is 4.79 Å². The molecule has 4 heteroatoms. The van der Waals surface area contributed by atoms with Crippen LogP contribution in [-0.2, 0) is 6.54 Å². The van der Waals surface area contributed by atoms with Crippen molar-refractivity contribution in [3.63, 3.8) is 0 Å². The average molecular weight is 282 g/mol. The summed E-state index contributed by atoms with van der Waals surface area (Å²) in [5.74, 6) is -0.0997. The topological polar surface area (TPSA) is 34.9 Å². The molecule has 0 N–H and O–H groups in total. The second-order valence-corrected chi connectivity index (χ2v) is 4.91. The van der Waals surface area contributed by atoms with Crippen molar-refractivity contribution in [2.75, 3.05) is 0 Å². The van der Waals surface area contributed by atoms with Crippen molar-refractivity contribution >= 4 is 16.6 Å². The number of aromatic nitrogens is 2. The minimum absolute atomic E-state index is 0.176. The Hall–Kier alpha value is -2.49. The number of nitrogens with zero attached hydrogens (tertiary/aromatic N) is 2. The van der Waals surface area contributed by atoms with Crippen LogP contribution in [0.1, 0.15) is 29.5 Å². The van der Waals surface area contributed by atoms with Gasteiger partial charge in [-0.2, -0.15) is 0 Å². The van der Waals surface area contributed by atoms with Crippen LogP contribution in [0.3, 0.4) is 0 Å². The molecule has 2 aromatic carbocycles. The maximum atomic E-state index is 13.8. The number of fused-ring (bicyclic) bond motifs is 1. The van der Waals surface area contributed by atoms with E-state index < -0.39 is 0 Å². The fourth-order valence-electron chi connectivity index (χ4n) is 2.52. The van der Waals surface area contributed by atoms with Crippen LogP contribution in [0.25, 0.3) is 10.8 Å². The fraction of sp³-hybridized carbons (Fsp3) is 0.176. The summed E-state index contributed by atoms with van der Waals surface area (Å²) in [5, 5.41) is 1.07. The molecular weight excluding hydrogens is 267 g/mol. The third kappa shape index (κ3) is 2.33. The standard InChI is InChI=1S/C17H15FN2O/c1-2-10-20-11-9-19-17(20)16(21)14-7-8-15(18)13-6-4-3-5-12(13)14/h3-9,11H,2,10H2,1H3. The van der Waals surface area contributed by atoms with Crippen molar-refractivity contribution in [1.29, 1.82) is 0 Å². The molecule has 0 atom stereocenters. The molecule has 3 nitrogen and oxygen atoms in total. The Bertz CT molecular complexity index is 807. The molecule has 0 aliphatic carbocycles. The zero-order chi connectivity index (χ0) is 14.8. The lowest BCUT2D eigenvalue weighted by atomic mass is 10.0. The molecule has 3 rings (SSSR count). The highest BCUT2D eigenvalue weighted by molar-refractivity contribution is 6.14. The third-order valence-corrected chi connectivity index (χ3v) is 3.50. The van der Waals surface area contributed by atoms with E-state index in [0.717, 1.165) is 13.0 Å². The monoisotopic (exact) mass is 282 g/mol. The summed E-state index contributed by atoms with van der Waals surface area (Å²) >= 11 is 0. The Morgan fingerprint density at radius 3 is 2.71 bits per heavy atom. The Labute approximate surface area is 122 Å². The van der Waals surface area contributed by atoms with E-state index in [9.17, 15) is 9.18 Å². The highest BCUT2D eigenvalue weighted by atomic mass is 19.1. The van der Waals surface area contributed by atoms with Crippen LogP contribution >= 0.6 is 0 Å². The van der Waals surface area contributed by atoms with Gasteiger partial charge in [0.25, 0.3) is 0 Å². The number of rotatable bonds is 4. The first-order valence-corrected chi connectivity index (χ1v) is 6.95. The number of carbonyl (C=O) groups excluding carboxylic acids is 1. The number of hydrogen-bond acceptors (Lipinski definition) is 2. The zero-order valence-corrected chi connectivity index (χ0v) is 11.7. The molecule has 0 radical (unpaired) electrons. The summed E-state index contributed by atoms with van der Waals surface area (Å²) in [6.07, 6.45) is 4.33. The van der Waals surface area contributed by atoms with Crippen LogP contribution < -0.4 is 0 Å². The first-order chi connectivity index (χ1) is 10.2. The van der Waals surface area contributed by atoms with E-state index in [1.54, 1.807) is 36.7 Å². The Kier molecular flexibility index (Phi) is 3.52. The molecule has 0 saturated carbocycles. The zero-order valence-electron chi connectivity index (χ0n) is 11.7. The van der Waals surface area contributed by atoms with Crippen LogP contribution in [0, 0.1) is 5.82 Å². The highest BCUT2D eigenvalue weighted by Crippen LogP contribution is 2.23. The van der Waals surface area contributed by atoms with Gasteiger partial charge in [-0.05, 0) is 23.9 Å². The largest absolute Gasteiger partial charge is 0.328 e. The quantitative estimate of drug-likeness (QED) is 0.682. The maximum absolute atomic E-state index is 13.8. The van der Waals surface area contributed by atoms with Gasteiger partial charge >= 0.3 is 0 Å². The summed E-state index contributed by atoms with van der Waals surface area (Å²) in [7, 11) is 0. The number of hydrogen-bond donors (Lipinski definition) is 0. The van der Waals surface area contributed by atoms with Crippen molar-refractivity contribution in [1.82, 2.24) is 9.55 Å². The normalized spacial score (nSPS) is 11.0. The molecule has 21 heavy (non-hydrogen) atoms. The number of halogens is 1. The fourth-order valence-corrected chi connectivity index (χ4v) is 2.52. The van der Waals surface area contributed by atoms with Gasteiger partial charge in [0.15, 0.2) is 5.82 Å². The van der Waals surface area contributed by atoms with Crippen LogP contribution in [0.2, 0.25) is 0 Å². The van der Waals surface area contributed by atoms with Gasteiger partial charge in [0, 0.05) is 29.9 Å². The first-order valence-electron chi connectivity index (χ1n) is 6.95. The van der Waals surface area contributed by atoms with E-state index >= 15 is 0 Å². The van der Waals surface area contributed by atoms with Crippen LogP contribution in [-0.4, -0.2) is 15.3 Å². The number of imidazole rings is 1. The number of carbonyl (C=O) groups is 1. The highest BCUT2D eigenvalue weighted by Gasteiger charge is 2.18.